The molecule has 0 spiro atoms. The van der Waals surface area contributed by atoms with Crippen molar-refractivity contribution in [1.82, 2.24) is 0 Å². The number of carbonyl (C=O) groups is 1. The van der Waals surface area contributed by atoms with Crippen LogP contribution in [0.1, 0.15) is 68.4 Å². The molecule has 0 heterocycles. The molecule has 0 aliphatic heterocycles. The summed E-state index contributed by atoms with van der Waals surface area (Å²) in [6.07, 6.45) is 5.37. The van der Waals surface area contributed by atoms with Crippen LogP contribution in [0.2, 0.25) is 0 Å². The van der Waals surface area contributed by atoms with Gasteiger partial charge in [0.15, 0.2) is 0 Å². The largest absolute Gasteiger partial charge is 0.481 e. The molecule has 1 aromatic rings. The van der Waals surface area contributed by atoms with E-state index in [1.807, 2.05) is 12.1 Å². The van der Waals surface area contributed by atoms with Gasteiger partial charge in [0.1, 0.15) is 0 Å². The van der Waals surface area contributed by atoms with Gasteiger partial charge in [-0.15, -0.1) is 0 Å². The van der Waals surface area contributed by atoms with Crippen LogP contribution in [0.5, 0.6) is 0 Å². The van der Waals surface area contributed by atoms with Crippen LogP contribution in [0.25, 0.3) is 0 Å². The third kappa shape index (κ3) is 4.51. The minimum atomic E-state index is -2.94. The van der Waals surface area contributed by atoms with Crippen LogP contribution in [0.3, 0.4) is 0 Å². The third-order valence-electron chi connectivity index (χ3n) is 4.29. The fraction of sp³-hybridized carbons (Fsp3) is 0.588. The molecule has 0 bridgehead atoms. The average Bonchev–Trinajstić information content (AvgIpc) is 2.48. The van der Waals surface area contributed by atoms with Gasteiger partial charge >= 0.3 is 5.97 Å². The Balaban J connectivity index is 1.98. The van der Waals surface area contributed by atoms with Crippen LogP contribution in [-0.4, -0.2) is 11.1 Å². The SMILES string of the molecule is O=C(O)CCCC(F)(F)c1ccc(C2CCCCC2)cc1. The second-order valence-corrected chi connectivity index (χ2v) is 5.91. The van der Waals surface area contributed by atoms with E-state index in [1.165, 1.54) is 31.4 Å². The van der Waals surface area contributed by atoms with Crippen molar-refractivity contribution in [2.24, 2.45) is 0 Å². The number of halogens is 2. The number of hydrogen-bond acceptors (Lipinski definition) is 1. The highest BCUT2D eigenvalue weighted by atomic mass is 19.3. The van der Waals surface area contributed by atoms with Crippen molar-refractivity contribution in [1.29, 1.82) is 0 Å². The molecule has 21 heavy (non-hydrogen) atoms. The molecule has 1 saturated carbocycles. The zero-order valence-electron chi connectivity index (χ0n) is 12.2. The van der Waals surface area contributed by atoms with Gasteiger partial charge in [0.05, 0.1) is 0 Å². The highest BCUT2D eigenvalue weighted by Crippen LogP contribution is 2.36. The van der Waals surface area contributed by atoms with E-state index in [2.05, 4.69) is 0 Å². The molecule has 1 aromatic carbocycles. The fourth-order valence-corrected chi connectivity index (χ4v) is 3.04. The van der Waals surface area contributed by atoms with Crippen molar-refractivity contribution in [2.75, 3.05) is 0 Å². The van der Waals surface area contributed by atoms with Crippen LogP contribution in [0, 0.1) is 0 Å². The topological polar surface area (TPSA) is 37.3 Å². The standard InChI is InChI=1S/C17H22F2O2/c18-17(19,12-4-7-16(20)21)15-10-8-14(9-11-15)13-5-2-1-3-6-13/h8-11,13H,1-7,12H2,(H,20,21). The smallest absolute Gasteiger partial charge is 0.303 e. The molecule has 1 aliphatic carbocycles. The summed E-state index contributed by atoms with van der Waals surface area (Å²) >= 11 is 0. The maximum atomic E-state index is 14.0. The molecule has 0 unspecified atom stereocenters. The summed E-state index contributed by atoms with van der Waals surface area (Å²) < 4.78 is 28.0. The molecule has 1 N–H and O–H groups in total. The van der Waals surface area contributed by atoms with E-state index in [0.29, 0.717) is 5.92 Å². The van der Waals surface area contributed by atoms with Crippen molar-refractivity contribution in [2.45, 2.75) is 63.2 Å². The first-order valence-corrected chi connectivity index (χ1v) is 7.69. The van der Waals surface area contributed by atoms with Gasteiger partial charge in [0, 0.05) is 18.4 Å². The molecule has 4 heteroatoms. The zero-order chi connectivity index (χ0) is 15.3. The Bertz CT molecular complexity index is 462. The van der Waals surface area contributed by atoms with Crippen molar-refractivity contribution in [3.8, 4) is 0 Å². The number of hydrogen-bond donors (Lipinski definition) is 1. The Morgan fingerprint density at radius 2 is 1.76 bits per heavy atom. The molecule has 1 fully saturated rings. The second kappa shape index (κ2) is 7.01. The minimum absolute atomic E-state index is 0.00699. The quantitative estimate of drug-likeness (QED) is 0.794. The van der Waals surface area contributed by atoms with E-state index in [0.717, 1.165) is 18.4 Å². The van der Waals surface area contributed by atoms with Gasteiger partial charge in [-0.25, -0.2) is 8.78 Å². The average molecular weight is 296 g/mol. The van der Waals surface area contributed by atoms with Crippen molar-refractivity contribution in [3.63, 3.8) is 0 Å². The van der Waals surface area contributed by atoms with E-state index in [4.69, 9.17) is 5.11 Å². The number of rotatable bonds is 6. The van der Waals surface area contributed by atoms with Gasteiger partial charge in [0.25, 0.3) is 5.92 Å². The molecule has 0 saturated heterocycles. The van der Waals surface area contributed by atoms with Gasteiger partial charge < -0.3 is 5.11 Å². The van der Waals surface area contributed by atoms with Gasteiger partial charge in [0.2, 0.25) is 0 Å². The van der Waals surface area contributed by atoms with Crippen molar-refractivity contribution >= 4 is 5.97 Å². The molecule has 2 nitrogen and oxygen atoms in total. The summed E-state index contributed by atoms with van der Waals surface area (Å²) in [7, 11) is 0. The number of carboxylic acids is 1. The summed E-state index contributed by atoms with van der Waals surface area (Å²) in [6.45, 7) is 0. The first-order valence-electron chi connectivity index (χ1n) is 7.69. The monoisotopic (exact) mass is 296 g/mol. The molecular formula is C17H22F2O2. The van der Waals surface area contributed by atoms with Crippen LogP contribution < -0.4 is 0 Å². The first-order chi connectivity index (χ1) is 9.99. The van der Waals surface area contributed by atoms with E-state index >= 15 is 0 Å². The lowest BCUT2D eigenvalue weighted by Gasteiger charge is -2.23. The highest BCUT2D eigenvalue weighted by Gasteiger charge is 2.31. The summed E-state index contributed by atoms with van der Waals surface area (Å²) in [5.74, 6) is -3.47. The Labute approximate surface area is 124 Å². The maximum Gasteiger partial charge on any atom is 0.303 e. The maximum absolute atomic E-state index is 14.0. The zero-order valence-corrected chi connectivity index (χ0v) is 12.2. The second-order valence-electron chi connectivity index (χ2n) is 5.91. The summed E-state index contributed by atoms with van der Waals surface area (Å²) in [4.78, 5) is 10.4. The Morgan fingerprint density at radius 3 is 2.33 bits per heavy atom. The van der Waals surface area contributed by atoms with Gasteiger partial charge in [-0.2, -0.15) is 0 Å². The lowest BCUT2D eigenvalue weighted by Crippen LogP contribution is -2.14. The summed E-state index contributed by atoms with van der Waals surface area (Å²) in [5, 5.41) is 8.52. The molecule has 0 aromatic heterocycles. The number of aliphatic carboxylic acids is 1. The van der Waals surface area contributed by atoms with Gasteiger partial charge in [-0.05, 0) is 30.7 Å². The summed E-state index contributed by atoms with van der Waals surface area (Å²) in [5.41, 5.74) is 1.15. The fourth-order valence-electron chi connectivity index (χ4n) is 3.04. The van der Waals surface area contributed by atoms with Crippen molar-refractivity contribution in [3.05, 3.63) is 35.4 Å². The molecule has 0 amide bonds. The van der Waals surface area contributed by atoms with Crippen LogP contribution in [-0.2, 0) is 10.7 Å². The summed E-state index contributed by atoms with van der Waals surface area (Å²) in [6, 6.07) is 6.64. The first kappa shape index (κ1) is 15.9. The predicted octanol–water partition coefficient (Wildman–Crippen LogP) is 5.08. The van der Waals surface area contributed by atoms with E-state index in [9.17, 15) is 13.6 Å². The van der Waals surface area contributed by atoms with Crippen molar-refractivity contribution < 1.29 is 18.7 Å². The Hall–Kier alpha value is -1.45. The molecule has 0 atom stereocenters. The third-order valence-corrected chi connectivity index (χ3v) is 4.29. The van der Waals surface area contributed by atoms with Gasteiger partial charge in [-0.1, -0.05) is 43.5 Å². The molecular weight excluding hydrogens is 274 g/mol. The Kier molecular flexibility index (Phi) is 5.32. The predicted molar refractivity (Wildman–Crippen MR) is 77.6 cm³/mol. The van der Waals surface area contributed by atoms with E-state index in [-0.39, 0.29) is 18.4 Å². The lowest BCUT2D eigenvalue weighted by atomic mass is 9.83. The van der Waals surface area contributed by atoms with E-state index < -0.39 is 18.3 Å². The number of carboxylic acid groups (broad SMARTS) is 1. The van der Waals surface area contributed by atoms with Gasteiger partial charge in [-0.3, -0.25) is 4.79 Å². The molecule has 116 valence electrons. The normalized spacial score (nSPS) is 16.9. The van der Waals surface area contributed by atoms with Crippen LogP contribution in [0.4, 0.5) is 8.78 Å². The molecule has 0 radical (unpaired) electrons. The molecule has 2 rings (SSSR count). The van der Waals surface area contributed by atoms with Crippen LogP contribution in [0.15, 0.2) is 24.3 Å². The lowest BCUT2D eigenvalue weighted by molar-refractivity contribution is -0.137. The highest BCUT2D eigenvalue weighted by molar-refractivity contribution is 5.66. The number of alkyl halides is 2. The Morgan fingerprint density at radius 1 is 1.14 bits per heavy atom. The molecule has 1 aliphatic rings. The van der Waals surface area contributed by atoms with E-state index in [1.54, 1.807) is 0 Å². The minimum Gasteiger partial charge on any atom is -0.481 e. The number of benzene rings is 1. The van der Waals surface area contributed by atoms with Crippen LogP contribution >= 0.6 is 0 Å².